The van der Waals surface area contributed by atoms with Gasteiger partial charge < -0.3 is 0 Å². The Balaban J connectivity index is 1.70. The third-order valence-corrected chi connectivity index (χ3v) is 5.34. The highest BCUT2D eigenvalue weighted by atomic mass is 15.3. The van der Waals surface area contributed by atoms with E-state index >= 15 is 0 Å². The molecule has 0 aromatic heterocycles. The molecule has 3 rings (SSSR count). The van der Waals surface area contributed by atoms with Crippen molar-refractivity contribution in [2.45, 2.75) is 58.7 Å². The Hall–Kier alpha value is -0.860. The van der Waals surface area contributed by atoms with E-state index in [1.165, 1.54) is 44.5 Å². The molecule has 1 unspecified atom stereocenters. The number of hydrogen-bond acceptors (Lipinski definition) is 2. The van der Waals surface area contributed by atoms with Crippen molar-refractivity contribution in [1.82, 2.24) is 9.80 Å². The lowest BCUT2D eigenvalue weighted by Gasteiger charge is -2.51. The summed E-state index contributed by atoms with van der Waals surface area (Å²) in [6.45, 7) is 12.0. The van der Waals surface area contributed by atoms with Crippen LogP contribution in [-0.2, 0) is 6.54 Å². The first-order valence-corrected chi connectivity index (χ1v) is 8.56. The van der Waals surface area contributed by atoms with E-state index in [0.717, 1.165) is 12.6 Å². The lowest BCUT2D eigenvalue weighted by molar-refractivity contribution is -0.0209. The zero-order chi connectivity index (χ0) is 14.9. The van der Waals surface area contributed by atoms with Gasteiger partial charge in [-0.2, -0.15) is 0 Å². The molecule has 2 aliphatic rings. The Kier molecular flexibility index (Phi) is 4.37. The van der Waals surface area contributed by atoms with E-state index in [1.807, 2.05) is 0 Å². The fraction of sp³-hybridized carbons (Fsp3) is 0.684. The molecular formula is C19H30N2. The zero-order valence-electron chi connectivity index (χ0n) is 13.9. The van der Waals surface area contributed by atoms with Gasteiger partial charge in [-0.15, -0.1) is 0 Å². The van der Waals surface area contributed by atoms with Crippen molar-refractivity contribution in [2.24, 2.45) is 5.41 Å². The van der Waals surface area contributed by atoms with Crippen LogP contribution in [-0.4, -0.2) is 41.5 Å². The molecule has 0 N–H and O–H groups in total. The van der Waals surface area contributed by atoms with Crippen molar-refractivity contribution in [3.8, 4) is 0 Å². The maximum absolute atomic E-state index is 2.76. The standard InChI is InChI=1S/C19H30N2/c1-19(2,3)18-15-20(17-10-7-11-17)12-13-21(18)14-16-8-5-4-6-9-16/h4-6,8-9,17-18H,7,10-15H2,1-3H3. The smallest absolute Gasteiger partial charge is 0.0275 e. The van der Waals surface area contributed by atoms with Crippen molar-refractivity contribution in [3.63, 3.8) is 0 Å². The van der Waals surface area contributed by atoms with Crippen LogP contribution in [0.5, 0.6) is 0 Å². The van der Waals surface area contributed by atoms with Gasteiger partial charge in [0.1, 0.15) is 0 Å². The molecular weight excluding hydrogens is 256 g/mol. The molecule has 0 bridgehead atoms. The number of benzene rings is 1. The molecule has 116 valence electrons. The second-order valence-electron chi connectivity index (χ2n) is 7.92. The Bertz CT molecular complexity index is 444. The summed E-state index contributed by atoms with van der Waals surface area (Å²) in [5.74, 6) is 0. The molecule has 21 heavy (non-hydrogen) atoms. The molecule has 1 saturated heterocycles. The molecule has 1 aliphatic carbocycles. The second kappa shape index (κ2) is 6.10. The second-order valence-corrected chi connectivity index (χ2v) is 7.92. The normalized spacial score (nSPS) is 25.8. The summed E-state index contributed by atoms with van der Waals surface area (Å²) in [4.78, 5) is 5.48. The molecule has 1 saturated carbocycles. The van der Waals surface area contributed by atoms with Gasteiger partial charge in [-0.3, -0.25) is 9.80 Å². The number of nitrogens with zero attached hydrogens (tertiary/aromatic N) is 2. The highest BCUT2D eigenvalue weighted by Gasteiger charge is 2.38. The SMILES string of the molecule is CC(C)(C)C1CN(C2CCC2)CCN1Cc1ccccc1. The van der Waals surface area contributed by atoms with Gasteiger partial charge in [0.05, 0.1) is 0 Å². The summed E-state index contributed by atoms with van der Waals surface area (Å²) in [5, 5.41) is 0. The van der Waals surface area contributed by atoms with Crippen molar-refractivity contribution in [3.05, 3.63) is 35.9 Å². The van der Waals surface area contributed by atoms with E-state index < -0.39 is 0 Å². The first kappa shape index (κ1) is 15.1. The van der Waals surface area contributed by atoms with E-state index in [2.05, 4.69) is 60.9 Å². The summed E-state index contributed by atoms with van der Waals surface area (Å²) in [5.41, 5.74) is 1.79. The lowest BCUT2D eigenvalue weighted by atomic mass is 9.82. The van der Waals surface area contributed by atoms with E-state index in [1.54, 1.807) is 0 Å². The van der Waals surface area contributed by atoms with E-state index in [9.17, 15) is 0 Å². The largest absolute Gasteiger partial charge is 0.298 e. The van der Waals surface area contributed by atoms with Gasteiger partial charge in [0, 0.05) is 38.3 Å². The topological polar surface area (TPSA) is 6.48 Å². The van der Waals surface area contributed by atoms with Crippen LogP contribution in [0.4, 0.5) is 0 Å². The van der Waals surface area contributed by atoms with Gasteiger partial charge in [0.25, 0.3) is 0 Å². The van der Waals surface area contributed by atoms with Gasteiger partial charge >= 0.3 is 0 Å². The molecule has 2 nitrogen and oxygen atoms in total. The van der Waals surface area contributed by atoms with E-state index in [-0.39, 0.29) is 0 Å². The van der Waals surface area contributed by atoms with Gasteiger partial charge in [-0.1, -0.05) is 57.5 Å². The molecule has 1 aromatic rings. The molecule has 1 aliphatic heterocycles. The van der Waals surface area contributed by atoms with Crippen LogP contribution in [0.3, 0.4) is 0 Å². The predicted octanol–water partition coefficient (Wildman–Crippen LogP) is 3.77. The Morgan fingerprint density at radius 3 is 2.33 bits per heavy atom. The number of piperazine rings is 1. The van der Waals surface area contributed by atoms with Gasteiger partial charge in [0.2, 0.25) is 0 Å². The molecule has 1 aromatic carbocycles. The fourth-order valence-corrected chi connectivity index (χ4v) is 3.75. The van der Waals surface area contributed by atoms with E-state index in [4.69, 9.17) is 0 Å². The van der Waals surface area contributed by atoms with Crippen LogP contribution in [0.2, 0.25) is 0 Å². The van der Waals surface area contributed by atoms with Crippen molar-refractivity contribution in [2.75, 3.05) is 19.6 Å². The zero-order valence-corrected chi connectivity index (χ0v) is 13.9. The van der Waals surface area contributed by atoms with Crippen molar-refractivity contribution in [1.29, 1.82) is 0 Å². The average Bonchev–Trinajstić information content (AvgIpc) is 2.38. The Morgan fingerprint density at radius 2 is 1.76 bits per heavy atom. The monoisotopic (exact) mass is 286 g/mol. The minimum atomic E-state index is 0.344. The Morgan fingerprint density at radius 1 is 1.05 bits per heavy atom. The van der Waals surface area contributed by atoms with Crippen LogP contribution in [0.25, 0.3) is 0 Å². The van der Waals surface area contributed by atoms with Gasteiger partial charge in [-0.25, -0.2) is 0 Å². The van der Waals surface area contributed by atoms with Crippen LogP contribution < -0.4 is 0 Å². The van der Waals surface area contributed by atoms with Crippen LogP contribution >= 0.6 is 0 Å². The Labute approximate surface area is 130 Å². The number of hydrogen-bond donors (Lipinski definition) is 0. The average molecular weight is 286 g/mol. The molecule has 0 spiro atoms. The summed E-state index contributed by atoms with van der Waals surface area (Å²) in [6.07, 6.45) is 4.29. The lowest BCUT2D eigenvalue weighted by Crippen LogP contribution is -2.60. The van der Waals surface area contributed by atoms with Gasteiger partial charge in [-0.05, 0) is 23.8 Å². The highest BCUT2D eigenvalue weighted by Crippen LogP contribution is 2.33. The molecule has 2 fully saturated rings. The molecule has 2 heteroatoms. The molecule has 1 heterocycles. The third-order valence-electron chi connectivity index (χ3n) is 5.34. The van der Waals surface area contributed by atoms with Crippen molar-refractivity contribution >= 4 is 0 Å². The third kappa shape index (κ3) is 3.49. The van der Waals surface area contributed by atoms with E-state index in [0.29, 0.717) is 11.5 Å². The first-order chi connectivity index (χ1) is 10.0. The first-order valence-electron chi connectivity index (χ1n) is 8.56. The number of rotatable bonds is 3. The maximum Gasteiger partial charge on any atom is 0.0275 e. The maximum atomic E-state index is 2.76. The minimum Gasteiger partial charge on any atom is -0.298 e. The molecule has 1 atom stereocenters. The summed E-state index contributed by atoms with van der Waals surface area (Å²) in [7, 11) is 0. The van der Waals surface area contributed by atoms with Crippen LogP contribution in [0.15, 0.2) is 30.3 Å². The highest BCUT2D eigenvalue weighted by molar-refractivity contribution is 5.15. The molecule has 0 amide bonds. The summed E-state index contributed by atoms with van der Waals surface area (Å²) in [6, 6.07) is 12.5. The summed E-state index contributed by atoms with van der Waals surface area (Å²) >= 11 is 0. The van der Waals surface area contributed by atoms with Gasteiger partial charge in [0.15, 0.2) is 0 Å². The fourth-order valence-electron chi connectivity index (χ4n) is 3.75. The molecule has 0 radical (unpaired) electrons. The van der Waals surface area contributed by atoms with Crippen LogP contribution in [0, 0.1) is 5.41 Å². The van der Waals surface area contributed by atoms with Crippen LogP contribution in [0.1, 0.15) is 45.6 Å². The minimum absolute atomic E-state index is 0.344. The van der Waals surface area contributed by atoms with Crippen molar-refractivity contribution < 1.29 is 0 Å². The summed E-state index contributed by atoms with van der Waals surface area (Å²) < 4.78 is 0. The quantitative estimate of drug-likeness (QED) is 0.834. The predicted molar refractivity (Wildman–Crippen MR) is 89.3 cm³/mol.